The van der Waals surface area contributed by atoms with E-state index >= 15 is 0 Å². The highest BCUT2D eigenvalue weighted by Gasteiger charge is 1.90. The van der Waals surface area contributed by atoms with Gasteiger partial charge < -0.3 is 15.2 Å². The van der Waals surface area contributed by atoms with Crippen molar-refractivity contribution in [3.05, 3.63) is 0 Å². The fraction of sp³-hybridized carbons (Fsp3) is 1.00. The molecule has 0 radical (unpaired) electrons. The minimum Gasteiger partial charge on any atom is -0.396 e. The smallest absolute Gasteiger partial charge is 0.0477 e. The Morgan fingerprint density at radius 2 is 2.07 bits per heavy atom. The number of thioether (sulfide) groups is 1. The number of rotatable bonds is 11. The molecule has 0 aromatic heterocycles. The summed E-state index contributed by atoms with van der Waals surface area (Å²) in [4.78, 5) is 0. The molecular weight excluding hydrogens is 198 g/mol. The van der Waals surface area contributed by atoms with Crippen molar-refractivity contribution in [2.45, 2.75) is 19.8 Å². The topological polar surface area (TPSA) is 41.5 Å². The summed E-state index contributed by atoms with van der Waals surface area (Å²) >= 11 is 1.89. The minimum absolute atomic E-state index is 0.314. The molecular formula is C10H23NO2S. The van der Waals surface area contributed by atoms with Crippen molar-refractivity contribution in [3.63, 3.8) is 0 Å². The third-order valence-corrected chi connectivity index (χ3v) is 2.79. The molecule has 86 valence electrons. The van der Waals surface area contributed by atoms with Crippen molar-refractivity contribution in [1.82, 2.24) is 5.32 Å². The molecule has 0 atom stereocenters. The van der Waals surface area contributed by atoms with E-state index in [1.807, 2.05) is 18.7 Å². The van der Waals surface area contributed by atoms with Gasteiger partial charge in [0.25, 0.3) is 0 Å². The predicted octanol–water partition coefficient (Wildman–Crippen LogP) is 1.12. The van der Waals surface area contributed by atoms with Gasteiger partial charge in [-0.25, -0.2) is 0 Å². The van der Waals surface area contributed by atoms with Crippen LogP contribution in [0.5, 0.6) is 0 Å². The molecule has 0 aromatic rings. The minimum atomic E-state index is 0.314. The molecule has 0 fully saturated rings. The molecule has 14 heavy (non-hydrogen) atoms. The number of aliphatic hydroxyl groups excluding tert-OH is 1. The molecule has 0 rings (SSSR count). The zero-order valence-corrected chi connectivity index (χ0v) is 9.94. The first-order valence-corrected chi connectivity index (χ1v) is 6.54. The SMILES string of the molecule is CCOCCCNCCSCCCO. The Balaban J connectivity index is 2.78. The highest BCUT2D eigenvalue weighted by Crippen LogP contribution is 1.99. The van der Waals surface area contributed by atoms with Crippen molar-refractivity contribution >= 4 is 11.8 Å². The van der Waals surface area contributed by atoms with Crippen molar-refractivity contribution in [2.75, 3.05) is 44.4 Å². The first-order chi connectivity index (χ1) is 6.91. The molecule has 0 spiro atoms. The zero-order valence-electron chi connectivity index (χ0n) is 9.13. The number of aliphatic hydroxyl groups is 1. The molecule has 0 aliphatic rings. The van der Waals surface area contributed by atoms with Crippen LogP contribution in [0.3, 0.4) is 0 Å². The molecule has 0 saturated heterocycles. The summed E-state index contributed by atoms with van der Waals surface area (Å²) in [6.45, 7) is 6.11. The number of hydrogen-bond donors (Lipinski definition) is 2. The third kappa shape index (κ3) is 12.2. The molecule has 4 heteroatoms. The van der Waals surface area contributed by atoms with Crippen LogP contribution in [0.15, 0.2) is 0 Å². The van der Waals surface area contributed by atoms with Gasteiger partial charge in [0.1, 0.15) is 0 Å². The summed E-state index contributed by atoms with van der Waals surface area (Å²) in [6, 6.07) is 0. The highest BCUT2D eigenvalue weighted by atomic mass is 32.2. The van der Waals surface area contributed by atoms with Crippen LogP contribution in [0.4, 0.5) is 0 Å². The maximum Gasteiger partial charge on any atom is 0.0477 e. The summed E-state index contributed by atoms with van der Waals surface area (Å²) in [5.41, 5.74) is 0. The normalized spacial score (nSPS) is 10.7. The van der Waals surface area contributed by atoms with E-state index in [1.54, 1.807) is 0 Å². The van der Waals surface area contributed by atoms with E-state index in [9.17, 15) is 0 Å². The van der Waals surface area contributed by atoms with Crippen LogP contribution in [-0.4, -0.2) is 49.5 Å². The monoisotopic (exact) mass is 221 g/mol. The Bertz CT molecular complexity index is 92.1. The van der Waals surface area contributed by atoms with Gasteiger partial charge in [0.2, 0.25) is 0 Å². The van der Waals surface area contributed by atoms with Gasteiger partial charge in [-0.2, -0.15) is 11.8 Å². The zero-order chi connectivity index (χ0) is 10.5. The van der Waals surface area contributed by atoms with Gasteiger partial charge >= 0.3 is 0 Å². The Kier molecular flexibility index (Phi) is 13.4. The number of nitrogens with one attached hydrogen (secondary N) is 1. The van der Waals surface area contributed by atoms with Gasteiger partial charge in [-0.1, -0.05) is 0 Å². The average molecular weight is 221 g/mol. The van der Waals surface area contributed by atoms with Crippen LogP contribution < -0.4 is 5.32 Å². The Hall–Kier alpha value is 0.230. The molecule has 2 N–H and O–H groups in total. The van der Waals surface area contributed by atoms with Gasteiger partial charge in [-0.05, 0) is 32.1 Å². The van der Waals surface area contributed by atoms with Gasteiger partial charge in [0, 0.05) is 32.1 Å². The standard InChI is InChI=1S/C10H23NO2S/c1-2-13-8-3-5-11-6-10-14-9-4-7-12/h11-12H,2-10H2,1H3. The predicted molar refractivity (Wildman–Crippen MR) is 63.0 cm³/mol. The van der Waals surface area contributed by atoms with Crippen LogP contribution in [0.1, 0.15) is 19.8 Å². The van der Waals surface area contributed by atoms with Gasteiger partial charge in [0.05, 0.1) is 0 Å². The molecule has 0 heterocycles. The Morgan fingerprint density at radius 1 is 1.21 bits per heavy atom. The maximum atomic E-state index is 8.55. The van der Waals surface area contributed by atoms with E-state index in [0.717, 1.165) is 50.7 Å². The second-order valence-electron chi connectivity index (χ2n) is 2.99. The molecule has 0 bridgehead atoms. The fourth-order valence-corrected chi connectivity index (χ4v) is 1.81. The van der Waals surface area contributed by atoms with Gasteiger partial charge in [-0.15, -0.1) is 0 Å². The van der Waals surface area contributed by atoms with Gasteiger partial charge in [-0.3, -0.25) is 0 Å². The van der Waals surface area contributed by atoms with E-state index < -0.39 is 0 Å². The molecule has 0 unspecified atom stereocenters. The lowest BCUT2D eigenvalue weighted by molar-refractivity contribution is 0.145. The van der Waals surface area contributed by atoms with Crippen LogP contribution in [0, 0.1) is 0 Å². The maximum absolute atomic E-state index is 8.55. The molecule has 0 saturated carbocycles. The number of ether oxygens (including phenoxy) is 1. The lowest BCUT2D eigenvalue weighted by atomic mass is 10.4. The summed E-state index contributed by atoms with van der Waals surface area (Å²) in [5, 5.41) is 11.9. The summed E-state index contributed by atoms with van der Waals surface area (Å²) < 4.78 is 5.22. The molecule has 0 aromatic carbocycles. The van der Waals surface area contributed by atoms with E-state index in [1.165, 1.54) is 0 Å². The second kappa shape index (κ2) is 13.2. The summed E-state index contributed by atoms with van der Waals surface area (Å²) in [7, 11) is 0. The lowest BCUT2D eigenvalue weighted by Gasteiger charge is -2.04. The number of hydrogen-bond acceptors (Lipinski definition) is 4. The second-order valence-corrected chi connectivity index (χ2v) is 4.21. The first kappa shape index (κ1) is 14.2. The lowest BCUT2D eigenvalue weighted by Crippen LogP contribution is -2.19. The highest BCUT2D eigenvalue weighted by molar-refractivity contribution is 7.99. The van der Waals surface area contributed by atoms with Crippen molar-refractivity contribution < 1.29 is 9.84 Å². The van der Waals surface area contributed by atoms with Crippen LogP contribution in [0.2, 0.25) is 0 Å². The van der Waals surface area contributed by atoms with Crippen molar-refractivity contribution in [1.29, 1.82) is 0 Å². The average Bonchev–Trinajstić information content (AvgIpc) is 2.21. The summed E-state index contributed by atoms with van der Waals surface area (Å²) in [6.07, 6.45) is 2.00. The van der Waals surface area contributed by atoms with E-state index in [2.05, 4.69) is 5.32 Å². The molecule has 3 nitrogen and oxygen atoms in total. The van der Waals surface area contributed by atoms with Crippen LogP contribution in [-0.2, 0) is 4.74 Å². The quantitative estimate of drug-likeness (QED) is 0.513. The van der Waals surface area contributed by atoms with Crippen LogP contribution in [0.25, 0.3) is 0 Å². The first-order valence-electron chi connectivity index (χ1n) is 5.39. The van der Waals surface area contributed by atoms with Crippen LogP contribution >= 0.6 is 11.8 Å². The third-order valence-electron chi connectivity index (χ3n) is 1.72. The fourth-order valence-electron chi connectivity index (χ4n) is 0.982. The van der Waals surface area contributed by atoms with Gasteiger partial charge in [0.15, 0.2) is 0 Å². The van der Waals surface area contributed by atoms with Crippen molar-refractivity contribution in [2.24, 2.45) is 0 Å². The van der Waals surface area contributed by atoms with E-state index in [0.29, 0.717) is 6.61 Å². The Morgan fingerprint density at radius 3 is 2.79 bits per heavy atom. The Labute approximate surface area is 91.6 Å². The van der Waals surface area contributed by atoms with E-state index in [-0.39, 0.29) is 0 Å². The summed E-state index contributed by atoms with van der Waals surface area (Å²) in [5.74, 6) is 2.20. The molecule has 0 amide bonds. The molecule has 0 aliphatic heterocycles. The van der Waals surface area contributed by atoms with Crippen molar-refractivity contribution in [3.8, 4) is 0 Å². The van der Waals surface area contributed by atoms with E-state index in [4.69, 9.17) is 9.84 Å². The molecule has 0 aliphatic carbocycles. The largest absolute Gasteiger partial charge is 0.396 e.